The van der Waals surface area contributed by atoms with Crippen molar-refractivity contribution < 1.29 is 24.5 Å². The van der Waals surface area contributed by atoms with Crippen LogP contribution in [0, 0.1) is 18.3 Å². The third-order valence-electron chi connectivity index (χ3n) is 2.90. The Balaban J connectivity index is 2.34. The van der Waals surface area contributed by atoms with Crippen LogP contribution in [-0.4, -0.2) is 22.1 Å². The highest BCUT2D eigenvalue weighted by molar-refractivity contribution is 6.36. The second kappa shape index (κ2) is 6.49. The third kappa shape index (κ3) is 3.77. The zero-order valence-electron chi connectivity index (χ0n) is 12.0. The van der Waals surface area contributed by atoms with Gasteiger partial charge in [0.25, 0.3) is 0 Å². The highest BCUT2D eigenvalue weighted by Gasteiger charge is 2.15. The number of nitrogens with zero attached hydrogens (tertiary/aromatic N) is 1. The van der Waals surface area contributed by atoms with Crippen molar-refractivity contribution in [1.82, 2.24) is 0 Å². The summed E-state index contributed by atoms with van der Waals surface area (Å²) in [5.74, 6) is -2.02. The number of anilines is 1. The number of carbonyl (C=O) groups is 2. The summed E-state index contributed by atoms with van der Waals surface area (Å²) < 4.78 is 5.63. The lowest BCUT2D eigenvalue weighted by atomic mass is 10.1. The Bertz CT molecular complexity index is 806. The number of phenols is 1. The number of phenolic OH excluding ortho intramolecular Hbond substituents is 1. The number of carboxylic acids is 1. The second-order valence-corrected chi connectivity index (χ2v) is 4.64. The quantitative estimate of drug-likeness (QED) is 0.748. The van der Waals surface area contributed by atoms with Crippen LogP contribution in [0.4, 0.5) is 5.69 Å². The summed E-state index contributed by atoms with van der Waals surface area (Å²) in [5.41, 5.74) is 0.862. The molecule has 2 rings (SSSR count). The van der Waals surface area contributed by atoms with Crippen LogP contribution in [0.15, 0.2) is 36.4 Å². The van der Waals surface area contributed by atoms with Gasteiger partial charge in [0.05, 0.1) is 5.56 Å². The molecule has 0 aromatic heterocycles. The van der Waals surface area contributed by atoms with Crippen LogP contribution in [0.2, 0.25) is 0 Å². The summed E-state index contributed by atoms with van der Waals surface area (Å²) in [6.07, 6.45) is 0. The summed E-state index contributed by atoms with van der Waals surface area (Å²) in [4.78, 5) is 21.7. The van der Waals surface area contributed by atoms with Crippen molar-refractivity contribution in [1.29, 1.82) is 5.26 Å². The number of aryl methyl sites for hydroxylation is 1. The molecule has 3 N–H and O–H groups in total. The maximum Gasteiger partial charge on any atom is 0.394 e. The lowest BCUT2D eigenvalue weighted by molar-refractivity contribution is -0.147. The van der Waals surface area contributed by atoms with Crippen molar-refractivity contribution >= 4 is 17.6 Å². The van der Waals surface area contributed by atoms with Crippen LogP contribution in [0.25, 0.3) is 0 Å². The lowest BCUT2D eigenvalue weighted by Gasteiger charge is -2.12. The standard InChI is InChI=1S/C16H12N2O5/c1-9-6-11(18-15(20)16(21)22)7-10(8-17)14(9)23-13-4-2-12(19)3-5-13/h2-7,19H,1H3,(H,18,20)(H,21,22). The number of benzene rings is 2. The number of amides is 1. The van der Waals surface area contributed by atoms with Gasteiger partial charge in [0, 0.05) is 5.69 Å². The molecule has 0 aliphatic heterocycles. The number of nitrogens with one attached hydrogen (secondary N) is 1. The second-order valence-electron chi connectivity index (χ2n) is 4.64. The molecule has 0 aliphatic carbocycles. The average molecular weight is 312 g/mol. The highest BCUT2D eigenvalue weighted by Crippen LogP contribution is 2.32. The molecule has 0 atom stereocenters. The van der Waals surface area contributed by atoms with E-state index in [0.29, 0.717) is 11.3 Å². The van der Waals surface area contributed by atoms with Crippen molar-refractivity contribution in [3.05, 3.63) is 47.5 Å². The molecule has 0 spiro atoms. The number of carbonyl (C=O) groups excluding carboxylic acids is 1. The molecule has 0 bridgehead atoms. The van der Waals surface area contributed by atoms with Crippen LogP contribution in [0.5, 0.6) is 17.2 Å². The molecule has 2 aromatic carbocycles. The smallest absolute Gasteiger partial charge is 0.394 e. The van der Waals surface area contributed by atoms with Gasteiger partial charge in [-0.05, 0) is 48.9 Å². The lowest BCUT2D eigenvalue weighted by Crippen LogP contribution is -2.21. The first-order chi connectivity index (χ1) is 10.9. The van der Waals surface area contributed by atoms with Crippen LogP contribution < -0.4 is 10.1 Å². The SMILES string of the molecule is Cc1cc(NC(=O)C(=O)O)cc(C#N)c1Oc1ccc(O)cc1. The number of aromatic hydroxyl groups is 1. The van der Waals surface area contributed by atoms with Crippen LogP contribution in [-0.2, 0) is 9.59 Å². The van der Waals surface area contributed by atoms with Gasteiger partial charge < -0.3 is 20.3 Å². The van der Waals surface area contributed by atoms with Crippen LogP contribution >= 0.6 is 0 Å². The van der Waals surface area contributed by atoms with Gasteiger partial charge in [0.1, 0.15) is 23.3 Å². The third-order valence-corrected chi connectivity index (χ3v) is 2.90. The van der Waals surface area contributed by atoms with Crippen LogP contribution in [0.1, 0.15) is 11.1 Å². The Labute approximate surface area is 131 Å². The molecule has 0 saturated carbocycles. The Morgan fingerprint density at radius 1 is 1.22 bits per heavy atom. The van der Waals surface area contributed by atoms with Gasteiger partial charge in [-0.3, -0.25) is 4.79 Å². The van der Waals surface area contributed by atoms with Gasteiger partial charge >= 0.3 is 11.9 Å². The maximum atomic E-state index is 11.2. The number of hydrogen-bond acceptors (Lipinski definition) is 5. The van der Waals surface area contributed by atoms with Gasteiger partial charge in [-0.1, -0.05) is 0 Å². The first-order valence-corrected chi connectivity index (χ1v) is 6.46. The highest BCUT2D eigenvalue weighted by atomic mass is 16.5. The minimum Gasteiger partial charge on any atom is -0.508 e. The molecule has 0 radical (unpaired) electrons. The summed E-state index contributed by atoms with van der Waals surface area (Å²) in [7, 11) is 0. The fraction of sp³-hybridized carbons (Fsp3) is 0.0625. The molecule has 23 heavy (non-hydrogen) atoms. The molecular weight excluding hydrogens is 300 g/mol. The Kier molecular flexibility index (Phi) is 4.47. The molecular formula is C16H12N2O5. The van der Waals surface area contributed by atoms with Crippen molar-refractivity contribution in [2.75, 3.05) is 5.32 Å². The molecule has 2 aromatic rings. The number of carboxylic acid groups (broad SMARTS) is 1. The fourth-order valence-corrected chi connectivity index (χ4v) is 1.88. The van der Waals surface area contributed by atoms with Crippen molar-refractivity contribution in [3.8, 4) is 23.3 Å². The molecule has 0 heterocycles. The van der Waals surface area contributed by atoms with E-state index in [1.165, 1.54) is 36.4 Å². The van der Waals surface area contributed by atoms with Gasteiger partial charge in [0.15, 0.2) is 0 Å². The molecule has 1 amide bonds. The minimum atomic E-state index is -1.62. The zero-order valence-corrected chi connectivity index (χ0v) is 12.0. The first-order valence-electron chi connectivity index (χ1n) is 6.46. The zero-order chi connectivity index (χ0) is 17.0. The molecule has 0 aliphatic rings. The van der Waals surface area contributed by atoms with E-state index >= 15 is 0 Å². The largest absolute Gasteiger partial charge is 0.508 e. The van der Waals surface area contributed by atoms with E-state index in [1.807, 2.05) is 6.07 Å². The van der Waals surface area contributed by atoms with Gasteiger partial charge in [-0.15, -0.1) is 0 Å². The van der Waals surface area contributed by atoms with E-state index in [-0.39, 0.29) is 22.7 Å². The number of ether oxygens (including phenoxy) is 1. The molecule has 7 heteroatoms. The molecule has 116 valence electrons. The van der Waals surface area contributed by atoms with Gasteiger partial charge in [-0.25, -0.2) is 4.79 Å². The van der Waals surface area contributed by atoms with Crippen LogP contribution in [0.3, 0.4) is 0 Å². The summed E-state index contributed by atoms with van der Waals surface area (Å²) in [6, 6.07) is 10.7. The Morgan fingerprint density at radius 3 is 2.43 bits per heavy atom. The molecule has 0 fully saturated rings. The van der Waals surface area contributed by atoms with Gasteiger partial charge in [-0.2, -0.15) is 5.26 Å². The predicted molar refractivity (Wildman–Crippen MR) is 80.3 cm³/mol. The maximum absolute atomic E-state index is 11.2. The topological polar surface area (TPSA) is 120 Å². The number of aliphatic carboxylic acids is 1. The minimum absolute atomic E-state index is 0.0845. The van der Waals surface area contributed by atoms with Crippen molar-refractivity contribution in [2.45, 2.75) is 6.92 Å². The van der Waals surface area contributed by atoms with Gasteiger partial charge in [0.2, 0.25) is 0 Å². The molecule has 7 nitrogen and oxygen atoms in total. The summed E-state index contributed by atoms with van der Waals surface area (Å²) in [6.45, 7) is 1.66. The van der Waals surface area contributed by atoms with E-state index in [9.17, 15) is 20.0 Å². The Morgan fingerprint density at radius 2 is 1.87 bits per heavy atom. The van der Waals surface area contributed by atoms with E-state index in [0.717, 1.165) is 0 Å². The van der Waals surface area contributed by atoms with E-state index in [2.05, 4.69) is 5.32 Å². The van der Waals surface area contributed by atoms with E-state index in [4.69, 9.17) is 9.84 Å². The van der Waals surface area contributed by atoms with E-state index < -0.39 is 11.9 Å². The first kappa shape index (κ1) is 15.9. The normalized spacial score (nSPS) is 9.74. The number of rotatable bonds is 3. The summed E-state index contributed by atoms with van der Waals surface area (Å²) >= 11 is 0. The number of hydrogen-bond donors (Lipinski definition) is 3. The average Bonchev–Trinajstić information content (AvgIpc) is 2.51. The molecule has 0 unspecified atom stereocenters. The van der Waals surface area contributed by atoms with Crippen molar-refractivity contribution in [3.63, 3.8) is 0 Å². The number of nitriles is 1. The Hall–Kier alpha value is -3.53. The monoisotopic (exact) mass is 312 g/mol. The predicted octanol–water partition coefficient (Wildman–Crippen LogP) is 2.39. The summed E-state index contributed by atoms with van der Waals surface area (Å²) in [5, 5.41) is 29.2. The van der Waals surface area contributed by atoms with E-state index in [1.54, 1.807) is 6.92 Å². The fourth-order valence-electron chi connectivity index (χ4n) is 1.88. The molecule has 0 saturated heterocycles. The van der Waals surface area contributed by atoms with Crippen molar-refractivity contribution in [2.24, 2.45) is 0 Å².